The zero-order chi connectivity index (χ0) is 29.3. The minimum Gasteiger partial charge on any atom is -1.00 e. The number of hydrogen-bond acceptors (Lipinski definition) is 0. The van der Waals surface area contributed by atoms with Gasteiger partial charge in [0.25, 0.3) is 0 Å². The van der Waals surface area contributed by atoms with Gasteiger partial charge in [-0.3, -0.25) is 0 Å². The van der Waals surface area contributed by atoms with E-state index in [1.54, 1.807) is 28.2 Å². The molecule has 1 saturated carbocycles. The van der Waals surface area contributed by atoms with E-state index < -0.39 is 0 Å². The number of fused-ring (bicyclic) bond motifs is 6. The third-order valence-corrected chi connectivity index (χ3v) is 12.5. The first-order valence-electron chi connectivity index (χ1n) is 15.9. The summed E-state index contributed by atoms with van der Waals surface area (Å²) in [6.45, 7) is 22.3. The molecule has 4 aliphatic rings. The van der Waals surface area contributed by atoms with Gasteiger partial charge in [-0.25, -0.2) is 12.0 Å². The van der Waals surface area contributed by atoms with Gasteiger partial charge in [-0.2, -0.15) is 34.4 Å². The van der Waals surface area contributed by atoms with Crippen molar-refractivity contribution >= 4 is 5.57 Å². The van der Waals surface area contributed by atoms with Crippen LogP contribution in [0.3, 0.4) is 0 Å². The third kappa shape index (κ3) is 5.32. The molecule has 0 heterocycles. The molecule has 0 N–H and O–H groups in total. The maximum atomic E-state index is 2.63. The van der Waals surface area contributed by atoms with Crippen LogP contribution in [0.15, 0.2) is 102 Å². The molecular weight excluding hydrogens is 655 g/mol. The molecule has 7 rings (SSSR count). The number of rotatable bonds is 1. The molecule has 7 unspecified atom stereocenters. The third-order valence-electron chi connectivity index (χ3n) is 12.5. The Kier molecular flexibility index (Phi) is 11.4. The van der Waals surface area contributed by atoms with Crippen molar-refractivity contribution in [3.05, 3.63) is 124 Å². The van der Waals surface area contributed by atoms with Crippen LogP contribution in [0.4, 0.5) is 0 Å². The SMILES string of the molecule is C[C-]1C2=C3Cc4ccccc4C3=C3C=CC(C)C(C)C3(C)C2(C)C(C)C(C)C1C.Cc1cc(-c2ccccc2)c[cH-]1.[Cl-].[Cl-].[Zr+4]. The molecule has 0 saturated heterocycles. The van der Waals surface area contributed by atoms with E-state index in [0.717, 1.165) is 6.42 Å². The summed E-state index contributed by atoms with van der Waals surface area (Å²) in [6.07, 6.45) is 6.12. The molecule has 0 aromatic heterocycles. The molecule has 7 atom stereocenters. The fraction of sp³-hybridized carbons (Fsp3) is 0.415. The standard InChI is InChI=1S/C29H37.C12H11.2ClH.Zr/c1-16-13-14-25-26-23-12-10-9-11-22(23)15-24(26)27-19(4)17(2)18(3)21(6)29(27,8)28(25,7)20(16)5;1-10-7-8-12(9-10)11-5-3-2-4-6-11;;;/h9-14,16-18,20-21H,15H2,1-8H3;2-9H,1H3;2*1H;/q2*-1;;;+4/p-2. The average molecular weight is 703 g/mol. The Balaban J connectivity index is 0.000000300. The van der Waals surface area contributed by atoms with Crippen LogP contribution in [0.25, 0.3) is 16.7 Å². The van der Waals surface area contributed by atoms with Crippen LogP contribution in [0.5, 0.6) is 0 Å². The predicted octanol–water partition coefficient (Wildman–Crippen LogP) is 5.06. The molecule has 1 fully saturated rings. The van der Waals surface area contributed by atoms with Crippen LogP contribution < -0.4 is 24.8 Å². The Morgan fingerprint density at radius 1 is 0.818 bits per heavy atom. The first-order chi connectivity index (χ1) is 19.5. The van der Waals surface area contributed by atoms with Gasteiger partial charge in [0.15, 0.2) is 0 Å². The number of benzene rings is 2. The summed E-state index contributed by atoms with van der Waals surface area (Å²) in [4.78, 5) is 0. The van der Waals surface area contributed by atoms with E-state index in [1.807, 2.05) is 6.07 Å². The van der Waals surface area contributed by atoms with E-state index in [4.69, 9.17) is 0 Å². The molecule has 3 heteroatoms. The van der Waals surface area contributed by atoms with E-state index in [-0.39, 0.29) is 61.8 Å². The maximum Gasteiger partial charge on any atom is 4.00 e. The van der Waals surface area contributed by atoms with Gasteiger partial charge in [-0.05, 0) is 34.7 Å². The van der Waals surface area contributed by atoms with Crippen molar-refractivity contribution in [2.75, 3.05) is 0 Å². The molecule has 0 amide bonds. The van der Waals surface area contributed by atoms with Crippen LogP contribution in [0, 0.1) is 53.3 Å². The van der Waals surface area contributed by atoms with E-state index in [1.165, 1.54) is 27.8 Å². The minimum absolute atomic E-state index is 0. The van der Waals surface area contributed by atoms with Crippen molar-refractivity contribution in [3.63, 3.8) is 0 Å². The molecule has 0 nitrogen and oxygen atoms in total. The normalized spacial score (nSPS) is 31.2. The Hall–Kier alpha value is -1.66. The number of allylic oxidation sites excluding steroid dienone is 6. The maximum absolute atomic E-state index is 2.63. The summed E-state index contributed by atoms with van der Waals surface area (Å²) in [5.41, 5.74) is 13.9. The summed E-state index contributed by atoms with van der Waals surface area (Å²) >= 11 is 0. The molecule has 0 spiro atoms. The second-order valence-electron chi connectivity index (χ2n) is 14.1. The molecule has 0 radical (unpaired) electrons. The quantitative estimate of drug-likeness (QED) is 0.311. The van der Waals surface area contributed by atoms with E-state index >= 15 is 0 Å². The average Bonchev–Trinajstić information content (AvgIpc) is 3.58. The second-order valence-corrected chi connectivity index (χ2v) is 14.1. The molecule has 4 aliphatic carbocycles. The Bertz CT molecular complexity index is 1560. The van der Waals surface area contributed by atoms with Gasteiger partial charge >= 0.3 is 26.2 Å². The molecular formula is C41H48Cl2Zr. The topological polar surface area (TPSA) is 0 Å². The van der Waals surface area contributed by atoms with Gasteiger partial charge in [0.1, 0.15) is 0 Å². The fourth-order valence-electron chi connectivity index (χ4n) is 9.21. The summed E-state index contributed by atoms with van der Waals surface area (Å²) < 4.78 is 0. The van der Waals surface area contributed by atoms with Crippen molar-refractivity contribution in [1.82, 2.24) is 0 Å². The smallest absolute Gasteiger partial charge is 1.00 e. The molecule has 230 valence electrons. The van der Waals surface area contributed by atoms with Gasteiger partial charge in [0.2, 0.25) is 0 Å². The van der Waals surface area contributed by atoms with E-state index in [0.29, 0.717) is 29.6 Å². The molecule has 3 aromatic carbocycles. The Labute approximate surface area is 299 Å². The molecule has 3 aromatic rings. The van der Waals surface area contributed by atoms with E-state index in [9.17, 15) is 0 Å². The van der Waals surface area contributed by atoms with Gasteiger partial charge in [0.05, 0.1) is 0 Å². The fourth-order valence-corrected chi connectivity index (χ4v) is 9.21. The zero-order valence-corrected chi connectivity index (χ0v) is 31.9. The Morgan fingerprint density at radius 3 is 2.09 bits per heavy atom. The second kappa shape index (κ2) is 13.6. The van der Waals surface area contributed by atoms with Crippen molar-refractivity contribution in [2.24, 2.45) is 40.4 Å². The number of hydrogen-bond donors (Lipinski definition) is 0. The van der Waals surface area contributed by atoms with Gasteiger partial charge in [0, 0.05) is 5.41 Å². The largest absolute Gasteiger partial charge is 4.00 e. The van der Waals surface area contributed by atoms with Crippen LogP contribution >= 0.6 is 0 Å². The van der Waals surface area contributed by atoms with Crippen molar-refractivity contribution in [2.45, 2.75) is 68.7 Å². The van der Waals surface area contributed by atoms with Crippen molar-refractivity contribution < 1.29 is 51.0 Å². The minimum atomic E-state index is 0. The molecule has 44 heavy (non-hydrogen) atoms. The van der Waals surface area contributed by atoms with Crippen LogP contribution in [-0.2, 0) is 32.6 Å². The summed E-state index contributed by atoms with van der Waals surface area (Å²) in [5.74, 6) is 4.93. The van der Waals surface area contributed by atoms with E-state index in [2.05, 4.69) is 141 Å². The summed E-state index contributed by atoms with van der Waals surface area (Å²) in [7, 11) is 0. The van der Waals surface area contributed by atoms with Crippen LogP contribution in [-0.4, -0.2) is 0 Å². The Morgan fingerprint density at radius 2 is 1.45 bits per heavy atom. The number of halogens is 2. The van der Waals surface area contributed by atoms with Crippen LogP contribution in [0.1, 0.15) is 72.1 Å². The molecule has 0 bridgehead atoms. The summed E-state index contributed by atoms with van der Waals surface area (Å²) in [6, 6.07) is 26.1. The van der Waals surface area contributed by atoms with Gasteiger partial charge in [-0.1, -0.05) is 157 Å². The zero-order valence-electron chi connectivity index (χ0n) is 27.9. The van der Waals surface area contributed by atoms with Crippen LogP contribution in [0.2, 0.25) is 0 Å². The van der Waals surface area contributed by atoms with Crippen molar-refractivity contribution in [3.8, 4) is 11.1 Å². The molecule has 0 aliphatic heterocycles. The van der Waals surface area contributed by atoms with Gasteiger partial charge in [-0.15, -0.1) is 6.92 Å². The van der Waals surface area contributed by atoms with Gasteiger partial charge < -0.3 is 24.8 Å². The first-order valence-corrected chi connectivity index (χ1v) is 15.9. The number of aryl methyl sites for hydroxylation is 1. The first kappa shape index (κ1) is 36.8. The summed E-state index contributed by atoms with van der Waals surface area (Å²) in [5, 5.41) is 0. The predicted molar refractivity (Wildman–Crippen MR) is 176 cm³/mol. The monoisotopic (exact) mass is 700 g/mol. The van der Waals surface area contributed by atoms with Crippen molar-refractivity contribution in [1.29, 1.82) is 0 Å².